The molecule has 1 nitrogen and oxygen atoms in total. The van der Waals surface area contributed by atoms with Crippen LogP contribution in [-0.4, -0.2) is 5.11 Å². The van der Waals surface area contributed by atoms with Gasteiger partial charge in [0.15, 0.2) is 0 Å². The second kappa shape index (κ2) is 6.30. The Morgan fingerprint density at radius 1 is 0.905 bits per heavy atom. The van der Waals surface area contributed by atoms with E-state index in [1.165, 1.54) is 10.8 Å². The molecule has 0 aliphatic heterocycles. The van der Waals surface area contributed by atoms with Crippen LogP contribution < -0.4 is 0 Å². The summed E-state index contributed by atoms with van der Waals surface area (Å²) in [6.45, 7) is 0. The molecule has 0 fully saturated rings. The second-order valence-corrected chi connectivity index (χ2v) is 6.79. The van der Waals surface area contributed by atoms with E-state index in [9.17, 15) is 5.11 Å². The first kappa shape index (κ1) is 14.8. The molecule has 3 heteroatoms. The highest BCUT2D eigenvalue weighted by atomic mass is 79.9. The summed E-state index contributed by atoms with van der Waals surface area (Å²) in [6, 6.07) is 20.4. The molecule has 0 aliphatic carbocycles. The third-order valence-electron chi connectivity index (χ3n) is 3.61. The molecule has 1 atom stereocenters. The zero-order valence-electron chi connectivity index (χ0n) is 11.3. The largest absolute Gasteiger partial charge is 0.388 e. The Morgan fingerprint density at radius 2 is 1.67 bits per heavy atom. The van der Waals surface area contributed by atoms with Gasteiger partial charge in [0.05, 0.1) is 6.10 Å². The molecular weight excluding hydrogens is 392 g/mol. The molecule has 0 saturated carbocycles. The minimum absolute atomic E-state index is 0.529. The minimum Gasteiger partial charge on any atom is -0.388 e. The summed E-state index contributed by atoms with van der Waals surface area (Å²) in [4.78, 5) is 0. The molecule has 0 aliphatic rings. The van der Waals surface area contributed by atoms with E-state index in [4.69, 9.17) is 0 Å². The zero-order valence-corrected chi connectivity index (χ0v) is 14.4. The van der Waals surface area contributed by atoms with Gasteiger partial charge in [0.1, 0.15) is 0 Å². The lowest BCUT2D eigenvalue weighted by Gasteiger charge is -2.15. The third kappa shape index (κ3) is 3.20. The van der Waals surface area contributed by atoms with E-state index in [1.54, 1.807) is 0 Å². The van der Waals surface area contributed by atoms with Gasteiger partial charge < -0.3 is 5.11 Å². The van der Waals surface area contributed by atoms with Crippen molar-refractivity contribution >= 4 is 42.6 Å². The number of benzene rings is 3. The molecule has 3 aromatic rings. The number of aliphatic hydroxyl groups is 1. The number of hydrogen-bond donors (Lipinski definition) is 1. The molecule has 3 rings (SSSR count). The van der Waals surface area contributed by atoms with Crippen molar-refractivity contribution in [3.63, 3.8) is 0 Å². The molecule has 0 spiro atoms. The third-order valence-corrected chi connectivity index (χ3v) is 4.79. The summed E-state index contributed by atoms with van der Waals surface area (Å²) in [5.74, 6) is 0. The molecule has 0 radical (unpaired) electrons. The molecular formula is C18H14Br2O. The van der Waals surface area contributed by atoms with Crippen molar-refractivity contribution < 1.29 is 5.11 Å². The van der Waals surface area contributed by atoms with Crippen molar-refractivity contribution in [1.29, 1.82) is 0 Å². The molecule has 21 heavy (non-hydrogen) atoms. The van der Waals surface area contributed by atoms with Crippen LogP contribution in [0.1, 0.15) is 17.2 Å². The monoisotopic (exact) mass is 404 g/mol. The molecule has 0 heterocycles. The van der Waals surface area contributed by atoms with Crippen LogP contribution in [0.25, 0.3) is 10.8 Å². The van der Waals surface area contributed by atoms with Gasteiger partial charge in [-0.1, -0.05) is 80.4 Å². The van der Waals surface area contributed by atoms with Crippen LogP contribution in [0.3, 0.4) is 0 Å². The van der Waals surface area contributed by atoms with Crippen LogP contribution in [0.15, 0.2) is 69.6 Å². The zero-order chi connectivity index (χ0) is 14.8. The number of halogens is 2. The Labute approximate surface area is 140 Å². The van der Waals surface area contributed by atoms with Gasteiger partial charge in [-0.05, 0) is 34.0 Å². The van der Waals surface area contributed by atoms with Gasteiger partial charge in [0.25, 0.3) is 0 Å². The first-order valence-corrected chi connectivity index (χ1v) is 8.33. The smallest absolute Gasteiger partial charge is 0.0841 e. The van der Waals surface area contributed by atoms with E-state index in [1.807, 2.05) is 36.4 Å². The van der Waals surface area contributed by atoms with Crippen molar-refractivity contribution in [2.75, 3.05) is 0 Å². The molecule has 0 bridgehead atoms. The van der Waals surface area contributed by atoms with Crippen LogP contribution in [0.5, 0.6) is 0 Å². The molecule has 3 aromatic carbocycles. The van der Waals surface area contributed by atoms with E-state index in [0.29, 0.717) is 6.42 Å². The fourth-order valence-electron chi connectivity index (χ4n) is 2.56. The molecule has 106 valence electrons. The topological polar surface area (TPSA) is 20.2 Å². The lowest BCUT2D eigenvalue weighted by molar-refractivity contribution is 0.178. The van der Waals surface area contributed by atoms with E-state index in [0.717, 1.165) is 20.1 Å². The second-order valence-electron chi connectivity index (χ2n) is 5.02. The number of rotatable bonds is 3. The van der Waals surface area contributed by atoms with Gasteiger partial charge in [-0.15, -0.1) is 0 Å². The van der Waals surface area contributed by atoms with Crippen molar-refractivity contribution in [3.05, 3.63) is 80.7 Å². The van der Waals surface area contributed by atoms with Gasteiger partial charge in [-0.2, -0.15) is 0 Å². The molecule has 0 saturated heterocycles. The molecule has 1 N–H and O–H groups in total. The van der Waals surface area contributed by atoms with Crippen molar-refractivity contribution in [2.45, 2.75) is 12.5 Å². The van der Waals surface area contributed by atoms with E-state index in [2.05, 4.69) is 56.1 Å². The summed E-state index contributed by atoms with van der Waals surface area (Å²) < 4.78 is 1.92. The Kier molecular flexibility index (Phi) is 4.43. The van der Waals surface area contributed by atoms with Crippen molar-refractivity contribution in [3.8, 4) is 0 Å². The molecule has 1 unspecified atom stereocenters. The average molecular weight is 406 g/mol. The van der Waals surface area contributed by atoms with E-state index >= 15 is 0 Å². The SMILES string of the molecule is OC(Cc1cccc2ccccc12)c1ccc(Br)cc1Br. The standard InChI is InChI=1S/C18H14Br2O/c19-14-8-9-16(17(20)11-14)18(21)10-13-6-3-5-12-4-1-2-7-15(12)13/h1-9,11,18,21H,10H2. The predicted molar refractivity (Wildman–Crippen MR) is 94.5 cm³/mol. The molecule has 0 aromatic heterocycles. The number of aliphatic hydroxyl groups excluding tert-OH is 1. The average Bonchev–Trinajstić information content (AvgIpc) is 2.47. The highest BCUT2D eigenvalue weighted by molar-refractivity contribution is 9.11. The number of fused-ring (bicyclic) bond motifs is 1. The van der Waals surface area contributed by atoms with Crippen LogP contribution >= 0.6 is 31.9 Å². The first-order valence-electron chi connectivity index (χ1n) is 6.75. The summed E-state index contributed by atoms with van der Waals surface area (Å²) in [7, 11) is 0. The highest BCUT2D eigenvalue weighted by Crippen LogP contribution is 2.30. The van der Waals surface area contributed by atoms with Crippen LogP contribution in [0.2, 0.25) is 0 Å². The fraction of sp³-hybridized carbons (Fsp3) is 0.111. The Morgan fingerprint density at radius 3 is 2.48 bits per heavy atom. The van der Waals surface area contributed by atoms with E-state index < -0.39 is 6.10 Å². The summed E-state index contributed by atoms with van der Waals surface area (Å²) >= 11 is 6.95. The maximum atomic E-state index is 10.6. The van der Waals surface area contributed by atoms with Gasteiger partial charge >= 0.3 is 0 Å². The van der Waals surface area contributed by atoms with Crippen molar-refractivity contribution in [1.82, 2.24) is 0 Å². The van der Waals surface area contributed by atoms with E-state index in [-0.39, 0.29) is 0 Å². The summed E-state index contributed by atoms with van der Waals surface area (Å²) in [5, 5.41) is 13.0. The maximum absolute atomic E-state index is 10.6. The quantitative estimate of drug-likeness (QED) is 0.597. The summed E-state index contributed by atoms with van der Waals surface area (Å²) in [5.41, 5.74) is 2.07. The normalized spacial score (nSPS) is 12.5. The number of hydrogen-bond acceptors (Lipinski definition) is 1. The Bertz CT molecular complexity index is 778. The van der Waals surface area contributed by atoms with Gasteiger partial charge in [0.2, 0.25) is 0 Å². The maximum Gasteiger partial charge on any atom is 0.0841 e. The van der Waals surface area contributed by atoms with Gasteiger partial charge in [-0.3, -0.25) is 0 Å². The van der Waals surface area contributed by atoms with Crippen LogP contribution in [0.4, 0.5) is 0 Å². The Hall–Kier alpha value is -1.16. The lowest BCUT2D eigenvalue weighted by Crippen LogP contribution is -2.03. The fourth-order valence-corrected chi connectivity index (χ4v) is 3.87. The predicted octanol–water partition coefficient (Wildman–Crippen LogP) is 5.64. The lowest BCUT2D eigenvalue weighted by atomic mass is 9.97. The Balaban J connectivity index is 1.94. The first-order chi connectivity index (χ1) is 10.1. The van der Waals surface area contributed by atoms with Gasteiger partial charge in [0, 0.05) is 15.4 Å². The van der Waals surface area contributed by atoms with Crippen LogP contribution in [-0.2, 0) is 6.42 Å². The minimum atomic E-state index is -0.529. The highest BCUT2D eigenvalue weighted by Gasteiger charge is 2.13. The van der Waals surface area contributed by atoms with Crippen molar-refractivity contribution in [2.24, 2.45) is 0 Å². The van der Waals surface area contributed by atoms with Crippen LogP contribution in [0, 0.1) is 0 Å². The molecule has 0 amide bonds. The van der Waals surface area contributed by atoms with Gasteiger partial charge in [-0.25, -0.2) is 0 Å². The summed E-state index contributed by atoms with van der Waals surface area (Å²) in [6.07, 6.45) is 0.0694.